The van der Waals surface area contributed by atoms with E-state index in [1.807, 2.05) is 6.07 Å². The number of carbonyl (C=O) groups excluding carboxylic acids is 1. The van der Waals surface area contributed by atoms with Crippen molar-refractivity contribution in [1.29, 1.82) is 0 Å². The smallest absolute Gasteiger partial charge is 0.311 e. The van der Waals surface area contributed by atoms with Crippen molar-refractivity contribution in [3.8, 4) is 11.5 Å². The van der Waals surface area contributed by atoms with E-state index in [2.05, 4.69) is 15.5 Å². The van der Waals surface area contributed by atoms with Gasteiger partial charge < -0.3 is 14.2 Å². The predicted octanol–water partition coefficient (Wildman–Crippen LogP) is 4.42. The van der Waals surface area contributed by atoms with E-state index in [1.165, 1.54) is 23.5 Å². The molecule has 0 aliphatic heterocycles. The first kappa shape index (κ1) is 22.2. The molecule has 1 N–H and O–H groups in total. The SMILES string of the molecule is CCOC(=O)Cc1csc(NN=Cc2ccc(OC)c(OCc3cccc(F)c3)c2)n1. The van der Waals surface area contributed by atoms with Gasteiger partial charge in [0.1, 0.15) is 12.4 Å². The Morgan fingerprint density at radius 3 is 2.90 bits per heavy atom. The van der Waals surface area contributed by atoms with Crippen molar-refractivity contribution in [2.24, 2.45) is 5.10 Å². The van der Waals surface area contributed by atoms with Gasteiger partial charge in [-0.05, 0) is 48.4 Å². The van der Waals surface area contributed by atoms with Crippen LogP contribution in [0.3, 0.4) is 0 Å². The van der Waals surface area contributed by atoms with Crippen molar-refractivity contribution in [2.45, 2.75) is 20.0 Å². The third-order valence-corrected chi connectivity index (χ3v) is 4.82. The van der Waals surface area contributed by atoms with E-state index in [4.69, 9.17) is 14.2 Å². The number of hydrogen-bond donors (Lipinski definition) is 1. The van der Waals surface area contributed by atoms with Gasteiger partial charge in [0, 0.05) is 5.38 Å². The molecule has 0 aliphatic carbocycles. The highest BCUT2D eigenvalue weighted by Gasteiger charge is 2.09. The quantitative estimate of drug-likeness (QED) is 0.284. The number of hydrazone groups is 1. The first-order valence-electron chi connectivity index (χ1n) is 9.51. The lowest BCUT2D eigenvalue weighted by molar-refractivity contribution is -0.142. The highest BCUT2D eigenvalue weighted by Crippen LogP contribution is 2.28. The Labute approximate surface area is 183 Å². The Morgan fingerprint density at radius 1 is 1.26 bits per heavy atom. The summed E-state index contributed by atoms with van der Waals surface area (Å²) in [7, 11) is 1.55. The van der Waals surface area contributed by atoms with Crippen LogP contribution in [-0.2, 0) is 22.6 Å². The minimum absolute atomic E-state index is 0.125. The second-order valence-electron chi connectivity index (χ2n) is 6.32. The summed E-state index contributed by atoms with van der Waals surface area (Å²) in [5, 5.41) is 6.52. The maximum atomic E-state index is 13.3. The molecule has 0 saturated heterocycles. The van der Waals surface area contributed by atoms with E-state index in [-0.39, 0.29) is 24.8 Å². The molecule has 0 amide bonds. The monoisotopic (exact) mass is 443 g/mol. The molecule has 0 aliphatic rings. The number of methoxy groups -OCH3 is 1. The first-order valence-corrected chi connectivity index (χ1v) is 10.4. The number of nitrogens with zero attached hydrogens (tertiary/aromatic N) is 2. The number of anilines is 1. The Bertz CT molecular complexity index is 1050. The van der Waals surface area contributed by atoms with E-state index < -0.39 is 0 Å². The number of rotatable bonds is 10. The van der Waals surface area contributed by atoms with Crippen LogP contribution in [0.2, 0.25) is 0 Å². The Balaban J connectivity index is 1.61. The van der Waals surface area contributed by atoms with Gasteiger partial charge in [0.05, 0.1) is 32.0 Å². The largest absolute Gasteiger partial charge is 0.493 e. The van der Waals surface area contributed by atoms with Crippen LogP contribution in [0, 0.1) is 5.82 Å². The van der Waals surface area contributed by atoms with Crippen LogP contribution in [0.25, 0.3) is 0 Å². The lowest BCUT2D eigenvalue weighted by atomic mass is 10.2. The lowest BCUT2D eigenvalue weighted by Crippen LogP contribution is -2.07. The maximum Gasteiger partial charge on any atom is 0.311 e. The number of esters is 1. The average Bonchev–Trinajstić information content (AvgIpc) is 3.19. The highest BCUT2D eigenvalue weighted by atomic mass is 32.1. The zero-order valence-electron chi connectivity index (χ0n) is 17.1. The normalized spacial score (nSPS) is 10.8. The van der Waals surface area contributed by atoms with Crippen LogP contribution < -0.4 is 14.9 Å². The number of halogens is 1. The van der Waals surface area contributed by atoms with Gasteiger partial charge in [0.25, 0.3) is 0 Å². The highest BCUT2D eigenvalue weighted by molar-refractivity contribution is 7.13. The zero-order valence-corrected chi connectivity index (χ0v) is 17.9. The molecule has 3 rings (SSSR count). The Kier molecular flexibility index (Phi) is 7.94. The minimum atomic E-state index is -0.313. The Hall–Kier alpha value is -3.46. The molecule has 0 saturated carbocycles. The molecule has 7 nitrogen and oxygen atoms in total. The van der Waals surface area contributed by atoms with Gasteiger partial charge in [-0.2, -0.15) is 5.10 Å². The fourth-order valence-corrected chi connectivity index (χ4v) is 3.29. The summed E-state index contributed by atoms with van der Waals surface area (Å²) >= 11 is 1.34. The van der Waals surface area contributed by atoms with E-state index in [9.17, 15) is 9.18 Å². The van der Waals surface area contributed by atoms with Crippen LogP contribution in [-0.4, -0.2) is 30.9 Å². The number of hydrogen-bond acceptors (Lipinski definition) is 8. The average molecular weight is 444 g/mol. The standard InChI is InChI=1S/C22H22FN3O4S/c1-3-29-21(27)11-18-14-31-22(25-18)26-24-12-15-7-8-19(28-2)20(10-15)30-13-16-5-4-6-17(23)9-16/h4-10,12,14H,3,11,13H2,1-2H3,(H,25,26). The molecule has 0 bridgehead atoms. The Morgan fingerprint density at radius 2 is 2.13 bits per heavy atom. The van der Waals surface area contributed by atoms with E-state index in [0.29, 0.717) is 34.5 Å². The zero-order chi connectivity index (χ0) is 22.1. The molecular formula is C22H22FN3O4S. The van der Waals surface area contributed by atoms with E-state index in [0.717, 1.165) is 5.56 Å². The molecule has 0 spiro atoms. The molecule has 0 atom stereocenters. The molecule has 31 heavy (non-hydrogen) atoms. The van der Waals surface area contributed by atoms with Crippen molar-refractivity contribution >= 4 is 28.7 Å². The second kappa shape index (κ2) is 11.1. The van der Waals surface area contributed by atoms with E-state index in [1.54, 1.807) is 49.9 Å². The van der Waals surface area contributed by atoms with Crippen LogP contribution in [0.1, 0.15) is 23.7 Å². The van der Waals surface area contributed by atoms with Gasteiger partial charge in [0.2, 0.25) is 5.13 Å². The summed E-state index contributed by atoms with van der Waals surface area (Å²) in [4.78, 5) is 15.8. The first-order chi connectivity index (χ1) is 15.1. The number of nitrogens with one attached hydrogen (secondary N) is 1. The third kappa shape index (κ3) is 6.78. The van der Waals surface area contributed by atoms with Crippen LogP contribution in [0.5, 0.6) is 11.5 Å². The van der Waals surface area contributed by atoms with Gasteiger partial charge >= 0.3 is 5.97 Å². The molecule has 0 fully saturated rings. The number of thiazole rings is 1. The molecule has 162 valence electrons. The number of benzene rings is 2. The molecule has 0 radical (unpaired) electrons. The van der Waals surface area contributed by atoms with Crippen molar-refractivity contribution in [3.63, 3.8) is 0 Å². The molecule has 1 aromatic heterocycles. The van der Waals surface area contributed by atoms with Gasteiger partial charge in [-0.25, -0.2) is 9.37 Å². The summed E-state index contributed by atoms with van der Waals surface area (Å²) < 4.78 is 29.4. The van der Waals surface area contributed by atoms with Crippen LogP contribution in [0.4, 0.5) is 9.52 Å². The lowest BCUT2D eigenvalue weighted by Gasteiger charge is -2.11. The maximum absolute atomic E-state index is 13.3. The van der Waals surface area contributed by atoms with Crippen molar-refractivity contribution < 1.29 is 23.4 Å². The fraction of sp³-hybridized carbons (Fsp3) is 0.227. The molecule has 2 aromatic carbocycles. The number of carbonyl (C=O) groups is 1. The molecule has 9 heteroatoms. The topological polar surface area (TPSA) is 82.0 Å². The van der Waals surface area contributed by atoms with Gasteiger partial charge in [0.15, 0.2) is 11.5 Å². The number of aromatic nitrogens is 1. The predicted molar refractivity (Wildman–Crippen MR) is 117 cm³/mol. The van der Waals surface area contributed by atoms with Crippen molar-refractivity contribution in [2.75, 3.05) is 19.1 Å². The fourth-order valence-electron chi connectivity index (χ4n) is 2.64. The summed E-state index contributed by atoms with van der Waals surface area (Å²) in [6.45, 7) is 2.31. The number of ether oxygens (including phenoxy) is 3. The molecule has 0 unspecified atom stereocenters. The second-order valence-corrected chi connectivity index (χ2v) is 7.18. The van der Waals surface area contributed by atoms with Crippen molar-refractivity contribution in [1.82, 2.24) is 4.98 Å². The van der Waals surface area contributed by atoms with Crippen molar-refractivity contribution in [3.05, 3.63) is 70.5 Å². The molecule has 1 heterocycles. The summed E-state index contributed by atoms with van der Waals surface area (Å²) in [6.07, 6.45) is 1.74. The molecule has 3 aromatic rings. The summed E-state index contributed by atoms with van der Waals surface area (Å²) in [6, 6.07) is 11.6. The van der Waals surface area contributed by atoms with Gasteiger partial charge in [-0.15, -0.1) is 11.3 Å². The van der Waals surface area contributed by atoms with E-state index >= 15 is 0 Å². The van der Waals surface area contributed by atoms with Crippen LogP contribution >= 0.6 is 11.3 Å². The van der Waals surface area contributed by atoms with Gasteiger partial charge in [-0.1, -0.05) is 12.1 Å². The van der Waals surface area contributed by atoms with Gasteiger partial charge in [-0.3, -0.25) is 10.2 Å². The third-order valence-electron chi connectivity index (χ3n) is 4.03. The summed E-state index contributed by atoms with van der Waals surface area (Å²) in [5.74, 6) is 0.450. The molecular weight excluding hydrogens is 421 g/mol. The minimum Gasteiger partial charge on any atom is -0.493 e. The van der Waals surface area contributed by atoms with Crippen LogP contribution in [0.15, 0.2) is 52.9 Å². The summed E-state index contributed by atoms with van der Waals surface area (Å²) in [5.41, 5.74) is 4.95.